The first-order chi connectivity index (χ1) is 18.8. The van der Waals surface area contributed by atoms with Crippen molar-refractivity contribution < 1.29 is 22.9 Å². The third-order valence-electron chi connectivity index (χ3n) is 7.71. The van der Waals surface area contributed by atoms with Gasteiger partial charge in [-0.2, -0.15) is 5.10 Å². The highest BCUT2D eigenvalue weighted by Gasteiger charge is 2.46. The summed E-state index contributed by atoms with van der Waals surface area (Å²) < 4.78 is 31.6. The van der Waals surface area contributed by atoms with E-state index in [-0.39, 0.29) is 12.6 Å². The number of amides is 1. The highest BCUT2D eigenvalue weighted by Crippen LogP contribution is 2.51. The lowest BCUT2D eigenvalue weighted by molar-refractivity contribution is -0.118. The third-order valence-corrected chi connectivity index (χ3v) is 9.13. The van der Waals surface area contributed by atoms with Crippen LogP contribution in [0.1, 0.15) is 76.6 Å². The van der Waals surface area contributed by atoms with E-state index in [0.717, 1.165) is 53.9 Å². The van der Waals surface area contributed by atoms with Crippen molar-refractivity contribution in [3.63, 3.8) is 0 Å². The fourth-order valence-corrected chi connectivity index (χ4v) is 6.35. The van der Waals surface area contributed by atoms with E-state index in [1.54, 1.807) is 4.68 Å². The van der Waals surface area contributed by atoms with Crippen LogP contribution in [-0.2, 0) is 29.7 Å². The van der Waals surface area contributed by atoms with Crippen molar-refractivity contribution in [3.05, 3.63) is 35.7 Å². The number of phosphoric acid groups is 1. The second kappa shape index (κ2) is 13.6. The van der Waals surface area contributed by atoms with Gasteiger partial charge in [-0.25, -0.2) is 9.25 Å². The number of aryl methyl sites for hydroxylation is 1. The van der Waals surface area contributed by atoms with Crippen LogP contribution in [-0.4, -0.2) is 34.9 Å². The van der Waals surface area contributed by atoms with Crippen LogP contribution in [0.15, 0.2) is 24.3 Å². The molecule has 2 aliphatic carbocycles. The van der Waals surface area contributed by atoms with Gasteiger partial charge >= 0.3 is 7.82 Å². The van der Waals surface area contributed by atoms with Crippen molar-refractivity contribution in [3.8, 4) is 11.1 Å². The van der Waals surface area contributed by atoms with Crippen LogP contribution in [0.5, 0.6) is 0 Å². The molecule has 10 heteroatoms. The molecule has 1 aromatic heterocycles. The van der Waals surface area contributed by atoms with Gasteiger partial charge in [0.05, 0.1) is 24.9 Å². The molecule has 4 rings (SSSR count). The van der Waals surface area contributed by atoms with Crippen molar-refractivity contribution in [1.82, 2.24) is 9.78 Å². The highest BCUT2D eigenvalue weighted by molar-refractivity contribution is 7.48. The summed E-state index contributed by atoms with van der Waals surface area (Å²) in [6, 6.07) is 7.27. The average molecular weight is 561 g/mol. The number of hydrogen-bond donors (Lipinski definition) is 2. The molecular weight excluding hydrogens is 515 g/mol. The van der Waals surface area contributed by atoms with Crippen LogP contribution < -0.4 is 11.1 Å². The Bertz CT molecular complexity index is 1120. The molecule has 3 N–H and O–H groups in total. The molecule has 9 nitrogen and oxygen atoms in total. The van der Waals surface area contributed by atoms with E-state index in [4.69, 9.17) is 19.3 Å². The Labute approximate surface area is 232 Å². The number of nitrogens with two attached hydrogens (primary N) is 1. The van der Waals surface area contributed by atoms with Gasteiger partial charge in [-0.05, 0) is 87.8 Å². The molecule has 2 aromatic rings. The standard InChI is InChI=1S/C29H45N4O5P/c1-5-7-17-36-39(35,37-18-8-6-2)38-19-33-21(4)26(20(3)32-33)22-13-15-25(16-14-22)31-29(34)28(30)27(23-9-10-23)24-11-12-24/h13-16,23-24,27-28H,5-12,17-19,30H2,1-4H3,(H,31,34). The lowest BCUT2D eigenvalue weighted by Crippen LogP contribution is -2.43. The predicted molar refractivity (Wildman–Crippen MR) is 153 cm³/mol. The van der Waals surface area contributed by atoms with Gasteiger partial charge in [-0.1, -0.05) is 38.8 Å². The molecule has 39 heavy (non-hydrogen) atoms. The maximum absolute atomic E-state index is 13.2. The van der Waals surface area contributed by atoms with Crippen LogP contribution >= 0.6 is 7.82 Å². The first kappa shape index (κ1) is 29.9. The number of carbonyl (C=O) groups is 1. The summed E-state index contributed by atoms with van der Waals surface area (Å²) >= 11 is 0. The van der Waals surface area contributed by atoms with Crippen molar-refractivity contribution in [2.24, 2.45) is 23.5 Å². The summed E-state index contributed by atoms with van der Waals surface area (Å²) in [5.74, 6) is 1.45. The van der Waals surface area contributed by atoms with Gasteiger partial charge in [0.15, 0.2) is 6.73 Å². The number of anilines is 1. The number of benzene rings is 1. The van der Waals surface area contributed by atoms with Gasteiger partial charge in [-0.3, -0.25) is 18.4 Å². The number of phosphoric ester groups is 1. The third kappa shape index (κ3) is 8.01. The molecule has 0 saturated heterocycles. The van der Waals surface area contributed by atoms with Gasteiger partial charge in [0.1, 0.15) is 0 Å². The smallest absolute Gasteiger partial charge is 0.325 e. The second-order valence-electron chi connectivity index (χ2n) is 11.0. The van der Waals surface area contributed by atoms with E-state index >= 15 is 0 Å². The van der Waals surface area contributed by atoms with Gasteiger partial charge < -0.3 is 11.1 Å². The van der Waals surface area contributed by atoms with E-state index in [2.05, 4.69) is 10.4 Å². The zero-order valence-electron chi connectivity index (χ0n) is 23.9. The summed E-state index contributed by atoms with van der Waals surface area (Å²) in [6.45, 7) is 8.55. The van der Waals surface area contributed by atoms with Gasteiger partial charge in [0, 0.05) is 16.9 Å². The number of carbonyl (C=O) groups excluding carboxylic acids is 1. The van der Waals surface area contributed by atoms with Gasteiger partial charge in [-0.15, -0.1) is 0 Å². The Hall–Kier alpha value is -2.03. The van der Waals surface area contributed by atoms with Crippen molar-refractivity contribution in [2.75, 3.05) is 18.5 Å². The summed E-state index contributed by atoms with van der Waals surface area (Å²) in [5.41, 5.74) is 10.8. The van der Waals surface area contributed by atoms with Gasteiger partial charge in [0.25, 0.3) is 0 Å². The molecule has 0 spiro atoms. The maximum Gasteiger partial charge on any atom is 0.476 e. The summed E-state index contributed by atoms with van der Waals surface area (Å²) in [6.07, 6.45) is 8.19. The number of nitrogens with one attached hydrogen (secondary N) is 1. The van der Waals surface area contributed by atoms with Crippen molar-refractivity contribution >= 4 is 19.4 Å². The molecular formula is C29H45N4O5P. The van der Waals surface area contributed by atoms with E-state index in [1.165, 1.54) is 25.7 Å². The van der Waals surface area contributed by atoms with Crippen LogP contribution in [0, 0.1) is 31.6 Å². The largest absolute Gasteiger partial charge is 0.476 e. The second-order valence-corrected chi connectivity index (χ2v) is 12.6. The number of aromatic nitrogens is 2. The Morgan fingerprint density at radius 2 is 1.59 bits per heavy atom. The zero-order valence-corrected chi connectivity index (χ0v) is 24.8. The number of rotatable bonds is 17. The normalized spacial score (nSPS) is 16.6. The fourth-order valence-electron chi connectivity index (χ4n) is 5.17. The van der Waals surface area contributed by atoms with E-state index < -0.39 is 13.9 Å². The van der Waals surface area contributed by atoms with E-state index in [1.807, 2.05) is 52.0 Å². The van der Waals surface area contributed by atoms with Crippen LogP contribution in [0.4, 0.5) is 5.69 Å². The number of hydrogen-bond acceptors (Lipinski definition) is 7. The molecule has 1 atom stereocenters. The molecule has 1 aromatic carbocycles. The summed E-state index contributed by atoms with van der Waals surface area (Å²) in [5, 5.41) is 7.63. The van der Waals surface area contributed by atoms with Crippen LogP contribution in [0.3, 0.4) is 0 Å². The van der Waals surface area contributed by atoms with Crippen LogP contribution in [0.2, 0.25) is 0 Å². The van der Waals surface area contributed by atoms with Gasteiger partial charge in [0.2, 0.25) is 5.91 Å². The summed E-state index contributed by atoms with van der Waals surface area (Å²) in [4.78, 5) is 12.9. The Morgan fingerprint density at radius 3 is 2.10 bits per heavy atom. The molecule has 1 amide bonds. The molecule has 2 fully saturated rings. The molecule has 0 bridgehead atoms. The van der Waals surface area contributed by atoms with Crippen molar-refractivity contribution in [2.45, 2.75) is 91.8 Å². The lowest BCUT2D eigenvalue weighted by Gasteiger charge is -2.23. The minimum Gasteiger partial charge on any atom is -0.325 e. The lowest BCUT2D eigenvalue weighted by atomic mass is 9.89. The Balaban J connectivity index is 1.39. The number of nitrogens with zero attached hydrogens (tertiary/aromatic N) is 2. The molecule has 1 unspecified atom stereocenters. The minimum atomic E-state index is -3.69. The molecule has 2 saturated carbocycles. The van der Waals surface area contributed by atoms with Crippen LogP contribution in [0.25, 0.3) is 11.1 Å². The van der Waals surface area contributed by atoms with Crippen molar-refractivity contribution in [1.29, 1.82) is 0 Å². The maximum atomic E-state index is 13.2. The molecule has 0 aliphatic heterocycles. The summed E-state index contributed by atoms with van der Waals surface area (Å²) in [7, 11) is -3.69. The average Bonchev–Trinajstić information content (AvgIpc) is 3.85. The molecule has 0 radical (unpaired) electrons. The Morgan fingerprint density at radius 1 is 1.03 bits per heavy atom. The number of unbranched alkanes of at least 4 members (excludes halogenated alkanes) is 2. The predicted octanol–water partition coefficient (Wildman–Crippen LogP) is 6.58. The SMILES string of the molecule is CCCCOP(=O)(OCCCC)OCn1nc(C)c(-c2ccc(NC(=O)C(N)C(C3CC3)C3CC3)cc2)c1C. The highest BCUT2D eigenvalue weighted by atomic mass is 31.2. The quantitative estimate of drug-likeness (QED) is 0.166. The van der Waals surface area contributed by atoms with E-state index in [9.17, 15) is 9.36 Å². The minimum absolute atomic E-state index is 0.0443. The topological polar surface area (TPSA) is 118 Å². The molecule has 1 heterocycles. The fraction of sp³-hybridized carbons (Fsp3) is 0.655. The Kier molecular flexibility index (Phi) is 10.4. The monoisotopic (exact) mass is 560 g/mol. The first-order valence-corrected chi connectivity index (χ1v) is 16.0. The van der Waals surface area contributed by atoms with E-state index in [0.29, 0.717) is 31.0 Å². The zero-order chi connectivity index (χ0) is 28.0. The molecule has 2 aliphatic rings. The molecule has 216 valence electrons. The first-order valence-electron chi connectivity index (χ1n) is 14.5.